The van der Waals surface area contributed by atoms with Gasteiger partial charge in [-0.15, -0.1) is 0 Å². The van der Waals surface area contributed by atoms with Crippen LogP contribution in [-0.2, 0) is 0 Å². The molecule has 0 fully saturated rings. The van der Waals surface area contributed by atoms with Gasteiger partial charge in [0.2, 0.25) is 0 Å². The average Bonchev–Trinajstić information content (AvgIpc) is 2.73. The number of fused-ring (bicyclic) bond motifs is 1. The number of nitrogens with one attached hydrogen (secondary N) is 1. The Bertz CT molecular complexity index is 1140. The van der Waals surface area contributed by atoms with Crippen molar-refractivity contribution < 1.29 is 0 Å². The van der Waals surface area contributed by atoms with Crippen molar-refractivity contribution in [3.8, 4) is 11.1 Å². The van der Waals surface area contributed by atoms with E-state index in [9.17, 15) is 0 Å². The molecule has 0 saturated carbocycles. The van der Waals surface area contributed by atoms with Gasteiger partial charge in [-0.05, 0) is 47.0 Å². The van der Waals surface area contributed by atoms with Gasteiger partial charge >= 0.3 is 0 Å². The molecular weight excluding hydrogens is 330 g/mol. The topological polar surface area (TPSA) is 62.8 Å². The molecule has 0 aliphatic heterocycles. The minimum Gasteiger partial charge on any atom is -0.398 e. The third kappa shape index (κ3) is 3.48. The van der Waals surface area contributed by atoms with E-state index in [2.05, 4.69) is 11.1 Å². The first kappa shape index (κ1) is 16.7. The highest BCUT2D eigenvalue weighted by Crippen LogP contribution is 2.29. The van der Waals surface area contributed by atoms with E-state index >= 15 is 0 Å². The molecule has 0 aliphatic carbocycles. The van der Waals surface area contributed by atoms with Gasteiger partial charge in [0.15, 0.2) is 0 Å². The number of aromatic nitrogens is 1. The normalized spacial score (nSPS) is 11.1. The van der Waals surface area contributed by atoms with E-state index in [-0.39, 0.29) is 0 Å². The van der Waals surface area contributed by atoms with Crippen LogP contribution in [-0.4, -0.2) is 10.7 Å². The summed E-state index contributed by atoms with van der Waals surface area (Å²) in [5.74, 6) is 0. The maximum Gasteiger partial charge on any atom is 0.0708 e. The van der Waals surface area contributed by atoms with Crippen LogP contribution in [0.5, 0.6) is 0 Å². The summed E-state index contributed by atoms with van der Waals surface area (Å²) in [7, 11) is 0. The molecule has 4 rings (SSSR count). The zero-order valence-corrected chi connectivity index (χ0v) is 14.8. The summed E-state index contributed by atoms with van der Waals surface area (Å²) in [4.78, 5) is 4.43. The molecule has 0 amide bonds. The summed E-state index contributed by atoms with van der Waals surface area (Å²) in [5, 5.41) is 9.55. The third-order valence-electron chi connectivity index (χ3n) is 4.55. The Labute approximate surface area is 158 Å². The van der Waals surface area contributed by atoms with Crippen LogP contribution in [0.4, 0.5) is 5.69 Å². The van der Waals surface area contributed by atoms with Crippen molar-refractivity contribution >= 4 is 28.4 Å². The molecule has 0 bridgehead atoms. The smallest absolute Gasteiger partial charge is 0.0708 e. The van der Waals surface area contributed by atoms with Gasteiger partial charge in [-0.3, -0.25) is 4.98 Å². The van der Waals surface area contributed by atoms with Gasteiger partial charge in [0.1, 0.15) is 0 Å². The maximum absolute atomic E-state index is 8.46. The molecule has 0 aliphatic rings. The zero-order valence-electron chi connectivity index (χ0n) is 14.8. The Balaban J connectivity index is 1.73. The Morgan fingerprint density at radius 2 is 1.67 bits per heavy atom. The van der Waals surface area contributed by atoms with E-state index in [1.807, 2.05) is 85.1 Å². The van der Waals surface area contributed by atoms with Crippen molar-refractivity contribution in [2.24, 2.45) is 0 Å². The van der Waals surface area contributed by atoms with Gasteiger partial charge in [-0.2, -0.15) is 0 Å². The predicted molar refractivity (Wildman–Crippen MR) is 114 cm³/mol. The summed E-state index contributed by atoms with van der Waals surface area (Å²) < 4.78 is 0. The second-order valence-corrected chi connectivity index (χ2v) is 6.34. The predicted octanol–water partition coefficient (Wildman–Crippen LogP) is 5.57. The number of benzene rings is 3. The van der Waals surface area contributed by atoms with Crippen molar-refractivity contribution in [2.45, 2.75) is 0 Å². The molecule has 130 valence electrons. The lowest BCUT2D eigenvalue weighted by Gasteiger charge is -2.10. The lowest BCUT2D eigenvalue weighted by molar-refractivity contribution is 1.41. The Morgan fingerprint density at radius 1 is 0.889 bits per heavy atom. The van der Waals surface area contributed by atoms with Gasteiger partial charge in [0.25, 0.3) is 0 Å². The number of anilines is 1. The molecule has 3 nitrogen and oxygen atoms in total. The molecular formula is C24H19N3. The molecule has 3 N–H and O–H groups in total. The highest BCUT2D eigenvalue weighted by atomic mass is 14.6. The summed E-state index contributed by atoms with van der Waals surface area (Å²) in [6, 6.07) is 25.8. The number of pyridine rings is 1. The average molecular weight is 349 g/mol. The van der Waals surface area contributed by atoms with Gasteiger partial charge in [0.05, 0.1) is 11.2 Å². The molecule has 0 spiro atoms. The standard InChI is InChI=1S/C24H19N3/c25-22(12-10-17-6-2-1-3-7-17)21-16-18(11-13-23(21)26)19-14-15-27-24-9-5-4-8-20(19)24/h1-16,25H,26H2/b12-10+,25-22?. The number of nitrogens with two attached hydrogens (primary N) is 1. The van der Waals surface area contributed by atoms with E-state index in [0.717, 1.165) is 33.2 Å². The van der Waals surface area contributed by atoms with Crippen molar-refractivity contribution in [1.29, 1.82) is 5.41 Å². The van der Waals surface area contributed by atoms with Crippen molar-refractivity contribution in [1.82, 2.24) is 4.98 Å². The minimum atomic E-state index is 0.386. The van der Waals surface area contributed by atoms with Gasteiger partial charge in [-0.1, -0.05) is 60.7 Å². The van der Waals surface area contributed by atoms with Gasteiger partial charge in [-0.25, -0.2) is 0 Å². The molecule has 27 heavy (non-hydrogen) atoms. The van der Waals surface area contributed by atoms with Crippen molar-refractivity contribution in [2.75, 3.05) is 5.73 Å². The van der Waals surface area contributed by atoms with Crippen LogP contribution in [0.1, 0.15) is 11.1 Å². The summed E-state index contributed by atoms with van der Waals surface area (Å²) >= 11 is 0. The molecule has 1 heterocycles. The molecule has 3 aromatic carbocycles. The number of hydrogen-bond acceptors (Lipinski definition) is 3. The number of rotatable bonds is 4. The van der Waals surface area contributed by atoms with Crippen LogP contribution >= 0.6 is 0 Å². The zero-order chi connectivity index (χ0) is 18.6. The summed E-state index contributed by atoms with van der Waals surface area (Å²) in [5.41, 5.74) is 12.0. The summed E-state index contributed by atoms with van der Waals surface area (Å²) in [6.07, 6.45) is 5.53. The van der Waals surface area contributed by atoms with Crippen LogP contribution in [0.25, 0.3) is 28.1 Å². The third-order valence-corrected chi connectivity index (χ3v) is 4.55. The first-order chi connectivity index (χ1) is 13.2. The quantitative estimate of drug-likeness (QED) is 0.374. The van der Waals surface area contributed by atoms with Crippen molar-refractivity contribution in [3.63, 3.8) is 0 Å². The number of allylic oxidation sites excluding steroid dienone is 1. The molecule has 0 atom stereocenters. The Morgan fingerprint density at radius 3 is 2.52 bits per heavy atom. The lowest BCUT2D eigenvalue weighted by Crippen LogP contribution is -2.01. The fraction of sp³-hybridized carbons (Fsp3) is 0. The largest absolute Gasteiger partial charge is 0.398 e. The van der Waals surface area contributed by atoms with Crippen LogP contribution in [0.15, 0.2) is 91.1 Å². The molecule has 0 unspecified atom stereocenters. The first-order valence-electron chi connectivity index (χ1n) is 8.78. The number of para-hydroxylation sites is 1. The Hall–Kier alpha value is -3.72. The van der Waals surface area contributed by atoms with E-state index in [1.54, 1.807) is 6.08 Å². The fourth-order valence-corrected chi connectivity index (χ4v) is 3.14. The van der Waals surface area contributed by atoms with Gasteiger partial charge in [0, 0.05) is 22.8 Å². The second kappa shape index (κ2) is 7.26. The Kier molecular flexibility index (Phi) is 4.50. The molecule has 1 aromatic heterocycles. The molecule has 3 heteroatoms. The monoisotopic (exact) mass is 349 g/mol. The van der Waals surface area contributed by atoms with Gasteiger partial charge < -0.3 is 11.1 Å². The number of nitrogen functional groups attached to an aromatic ring is 1. The highest BCUT2D eigenvalue weighted by Gasteiger charge is 2.09. The molecule has 4 aromatic rings. The van der Waals surface area contributed by atoms with E-state index in [0.29, 0.717) is 11.4 Å². The number of nitrogens with zero attached hydrogens (tertiary/aromatic N) is 1. The van der Waals surface area contributed by atoms with Crippen LogP contribution in [0.3, 0.4) is 0 Å². The molecule has 0 radical (unpaired) electrons. The van der Waals surface area contributed by atoms with Crippen LogP contribution in [0, 0.1) is 5.41 Å². The fourth-order valence-electron chi connectivity index (χ4n) is 3.14. The highest BCUT2D eigenvalue weighted by molar-refractivity contribution is 6.12. The van der Waals surface area contributed by atoms with Crippen LogP contribution < -0.4 is 5.73 Å². The van der Waals surface area contributed by atoms with E-state index in [1.165, 1.54) is 0 Å². The maximum atomic E-state index is 8.46. The summed E-state index contributed by atoms with van der Waals surface area (Å²) in [6.45, 7) is 0. The van der Waals surface area contributed by atoms with Crippen molar-refractivity contribution in [3.05, 3.63) is 102 Å². The first-order valence-corrected chi connectivity index (χ1v) is 8.78. The number of hydrogen-bond donors (Lipinski definition) is 2. The minimum absolute atomic E-state index is 0.386. The lowest BCUT2D eigenvalue weighted by atomic mass is 9.97. The SMILES string of the molecule is N=C(/C=C/c1ccccc1)c1cc(-c2ccnc3ccccc23)ccc1N. The second-order valence-electron chi connectivity index (χ2n) is 6.34. The molecule has 0 saturated heterocycles. The van der Waals surface area contributed by atoms with Crippen LogP contribution in [0.2, 0.25) is 0 Å². The van der Waals surface area contributed by atoms with E-state index < -0.39 is 0 Å². The van der Waals surface area contributed by atoms with E-state index in [4.69, 9.17) is 11.1 Å².